The van der Waals surface area contributed by atoms with Gasteiger partial charge in [0, 0.05) is 12.1 Å². The van der Waals surface area contributed by atoms with Crippen LogP contribution in [0.4, 0.5) is 0 Å². The number of fused-ring (bicyclic) bond motifs is 2. The summed E-state index contributed by atoms with van der Waals surface area (Å²) in [6.45, 7) is 1.69. The zero-order valence-electron chi connectivity index (χ0n) is 13.6. The van der Waals surface area contributed by atoms with Crippen LogP contribution >= 0.6 is 12.4 Å². The van der Waals surface area contributed by atoms with Crippen molar-refractivity contribution >= 4 is 18.0 Å². The van der Waals surface area contributed by atoms with Crippen LogP contribution in [0, 0.1) is 0 Å². The van der Waals surface area contributed by atoms with Crippen LogP contribution in [0.3, 0.4) is 0 Å². The van der Waals surface area contributed by atoms with Crippen LogP contribution in [0.1, 0.15) is 23.1 Å². The van der Waals surface area contributed by atoms with Crippen LogP contribution in [0.15, 0.2) is 54.6 Å². The van der Waals surface area contributed by atoms with Gasteiger partial charge in [-0.2, -0.15) is 0 Å². The summed E-state index contributed by atoms with van der Waals surface area (Å²) in [4.78, 5) is 2.21. The Hall–Kier alpha value is -1.81. The molecule has 1 heterocycles. The van der Waals surface area contributed by atoms with E-state index in [9.17, 15) is 0 Å². The molecule has 0 unspecified atom stereocenters. The molecule has 1 aliphatic rings. The van der Waals surface area contributed by atoms with E-state index in [2.05, 4.69) is 67.5 Å². The number of rotatable bonds is 3. The number of nitrogens with zero attached hydrogens (tertiary/aromatic N) is 1. The molecular weight excluding hydrogens is 310 g/mol. The number of hydrogen-bond donors (Lipinski definition) is 0. The standard InChI is InChI=1S/C19H21NO.ClH.H2O/c1-20(2)13-7-11-17-16-9-4-3-8-15(16)14-21-19-12-6-5-10-18(17)19;;/h3-6,8-12H,7,13-14H2,1-2H3;1H;1H2. The summed E-state index contributed by atoms with van der Waals surface area (Å²) in [5, 5.41) is 0. The lowest BCUT2D eigenvalue weighted by Crippen LogP contribution is -2.12. The zero-order chi connectivity index (χ0) is 14.7. The summed E-state index contributed by atoms with van der Waals surface area (Å²) >= 11 is 0. The third-order valence-electron chi connectivity index (χ3n) is 3.79. The Bertz CT molecular complexity index is 618. The second-order valence-corrected chi connectivity index (χ2v) is 5.65. The number of halogens is 1. The van der Waals surface area contributed by atoms with E-state index in [1.54, 1.807) is 0 Å². The molecule has 2 N–H and O–H groups in total. The number of ether oxygens (including phenoxy) is 1. The predicted molar refractivity (Wildman–Crippen MR) is 98.3 cm³/mol. The first-order valence-electron chi connectivity index (χ1n) is 7.41. The molecule has 2 aromatic carbocycles. The largest absolute Gasteiger partial charge is 0.488 e. The van der Waals surface area contributed by atoms with E-state index < -0.39 is 0 Å². The molecule has 0 fully saturated rings. The monoisotopic (exact) mass is 333 g/mol. The van der Waals surface area contributed by atoms with Crippen LogP contribution in [-0.4, -0.2) is 31.0 Å². The van der Waals surface area contributed by atoms with Crippen molar-refractivity contribution in [2.45, 2.75) is 13.0 Å². The molecule has 0 amide bonds. The van der Waals surface area contributed by atoms with Crippen LogP contribution in [-0.2, 0) is 6.61 Å². The van der Waals surface area contributed by atoms with Crippen molar-refractivity contribution in [3.05, 3.63) is 71.3 Å². The average molecular weight is 334 g/mol. The van der Waals surface area contributed by atoms with Gasteiger partial charge in [0.25, 0.3) is 0 Å². The Labute approximate surface area is 144 Å². The van der Waals surface area contributed by atoms with Gasteiger partial charge in [-0.05, 0) is 43.3 Å². The first kappa shape index (κ1) is 19.2. The van der Waals surface area contributed by atoms with Gasteiger partial charge in [0.15, 0.2) is 0 Å². The number of hydrogen-bond acceptors (Lipinski definition) is 2. The lowest BCUT2D eigenvalue weighted by Gasteiger charge is -2.12. The van der Waals surface area contributed by atoms with Gasteiger partial charge in [0.05, 0.1) is 0 Å². The summed E-state index contributed by atoms with van der Waals surface area (Å²) in [6, 6.07) is 16.9. The predicted octanol–water partition coefficient (Wildman–Crippen LogP) is 3.56. The number of para-hydroxylation sites is 1. The van der Waals surface area contributed by atoms with Crippen LogP contribution in [0.5, 0.6) is 5.75 Å². The Morgan fingerprint density at radius 1 is 1.00 bits per heavy atom. The average Bonchev–Trinajstić information content (AvgIpc) is 2.65. The minimum Gasteiger partial charge on any atom is -0.488 e. The maximum atomic E-state index is 5.98. The highest BCUT2D eigenvalue weighted by Crippen LogP contribution is 2.36. The molecule has 0 saturated carbocycles. The van der Waals surface area contributed by atoms with Gasteiger partial charge in [-0.1, -0.05) is 48.5 Å². The van der Waals surface area contributed by atoms with Gasteiger partial charge in [-0.25, -0.2) is 0 Å². The molecule has 0 spiro atoms. The van der Waals surface area contributed by atoms with Crippen LogP contribution in [0.25, 0.3) is 5.57 Å². The molecule has 0 bridgehead atoms. The third-order valence-corrected chi connectivity index (χ3v) is 3.79. The molecule has 1 aliphatic heterocycles. The van der Waals surface area contributed by atoms with E-state index in [1.807, 2.05) is 6.07 Å². The molecule has 0 saturated heterocycles. The summed E-state index contributed by atoms with van der Waals surface area (Å²) in [5.41, 5.74) is 5.03. The quantitative estimate of drug-likeness (QED) is 0.862. The summed E-state index contributed by atoms with van der Waals surface area (Å²) in [6.07, 6.45) is 3.37. The SMILES string of the molecule is CN(C)CCC=C1c2ccccc2COc2ccccc21.Cl.O. The molecule has 3 rings (SSSR count). The van der Waals surface area contributed by atoms with Crippen molar-refractivity contribution in [1.82, 2.24) is 4.90 Å². The molecule has 2 aromatic rings. The van der Waals surface area contributed by atoms with E-state index in [-0.39, 0.29) is 17.9 Å². The van der Waals surface area contributed by atoms with Gasteiger partial charge in [0.1, 0.15) is 12.4 Å². The Kier molecular flexibility index (Phi) is 7.30. The van der Waals surface area contributed by atoms with Gasteiger partial charge in [0.2, 0.25) is 0 Å². The van der Waals surface area contributed by atoms with Crippen LogP contribution in [0.2, 0.25) is 0 Å². The highest BCUT2D eigenvalue weighted by atomic mass is 35.5. The highest BCUT2D eigenvalue weighted by Gasteiger charge is 2.17. The maximum Gasteiger partial charge on any atom is 0.127 e. The van der Waals surface area contributed by atoms with Crippen molar-refractivity contribution in [2.24, 2.45) is 0 Å². The molecule has 0 aliphatic carbocycles. The minimum absolute atomic E-state index is 0. The Morgan fingerprint density at radius 3 is 2.39 bits per heavy atom. The first-order chi connectivity index (χ1) is 10.3. The van der Waals surface area contributed by atoms with Crippen LogP contribution < -0.4 is 4.74 Å². The fourth-order valence-electron chi connectivity index (χ4n) is 2.71. The van der Waals surface area contributed by atoms with Crippen molar-refractivity contribution < 1.29 is 10.2 Å². The van der Waals surface area contributed by atoms with Gasteiger partial charge in [-0.3, -0.25) is 0 Å². The highest BCUT2D eigenvalue weighted by molar-refractivity contribution is 5.85. The first-order valence-corrected chi connectivity index (χ1v) is 7.41. The summed E-state index contributed by atoms with van der Waals surface area (Å²) in [5.74, 6) is 0.977. The van der Waals surface area contributed by atoms with Crippen molar-refractivity contribution in [3.8, 4) is 5.75 Å². The van der Waals surface area contributed by atoms with Crippen molar-refractivity contribution in [3.63, 3.8) is 0 Å². The smallest absolute Gasteiger partial charge is 0.127 e. The molecular formula is C19H24ClNO2. The normalized spacial score (nSPS) is 14.0. The van der Waals surface area contributed by atoms with Gasteiger partial charge >= 0.3 is 0 Å². The Balaban J connectivity index is 0.00000132. The van der Waals surface area contributed by atoms with E-state index in [4.69, 9.17) is 4.74 Å². The van der Waals surface area contributed by atoms with Gasteiger partial charge < -0.3 is 15.1 Å². The molecule has 23 heavy (non-hydrogen) atoms. The van der Waals surface area contributed by atoms with E-state index >= 15 is 0 Å². The summed E-state index contributed by atoms with van der Waals surface area (Å²) in [7, 11) is 4.22. The van der Waals surface area contributed by atoms with E-state index in [0.717, 1.165) is 18.7 Å². The van der Waals surface area contributed by atoms with Crippen molar-refractivity contribution in [2.75, 3.05) is 20.6 Å². The minimum atomic E-state index is 0. The maximum absolute atomic E-state index is 5.98. The third kappa shape index (κ3) is 4.35. The lowest BCUT2D eigenvalue weighted by atomic mass is 9.93. The fourth-order valence-corrected chi connectivity index (χ4v) is 2.71. The van der Waals surface area contributed by atoms with Gasteiger partial charge in [-0.15, -0.1) is 12.4 Å². The molecule has 124 valence electrons. The molecule has 4 heteroatoms. The van der Waals surface area contributed by atoms with E-state index in [0.29, 0.717) is 6.61 Å². The molecule has 0 aromatic heterocycles. The van der Waals surface area contributed by atoms with E-state index in [1.165, 1.54) is 22.3 Å². The zero-order valence-corrected chi connectivity index (χ0v) is 14.4. The topological polar surface area (TPSA) is 44.0 Å². The Morgan fingerprint density at radius 2 is 1.65 bits per heavy atom. The number of benzene rings is 2. The fraction of sp³-hybridized carbons (Fsp3) is 0.263. The lowest BCUT2D eigenvalue weighted by molar-refractivity contribution is 0.307. The van der Waals surface area contributed by atoms with Crippen molar-refractivity contribution in [1.29, 1.82) is 0 Å². The molecule has 3 nitrogen and oxygen atoms in total. The molecule has 0 radical (unpaired) electrons. The molecule has 0 atom stereocenters. The summed E-state index contributed by atoms with van der Waals surface area (Å²) < 4.78 is 5.98. The second-order valence-electron chi connectivity index (χ2n) is 5.65. The second kappa shape index (κ2) is 8.73.